The van der Waals surface area contributed by atoms with E-state index in [1.165, 1.54) is 0 Å². The fourth-order valence-corrected chi connectivity index (χ4v) is 3.46. The molecule has 152 valence electrons. The summed E-state index contributed by atoms with van der Waals surface area (Å²) >= 11 is 1.57. The fraction of sp³-hybridized carbons (Fsp3) is 0.273. The Morgan fingerprint density at radius 3 is 2.45 bits per heavy atom. The van der Waals surface area contributed by atoms with Crippen molar-refractivity contribution in [3.8, 4) is 11.5 Å². The molecule has 0 fully saturated rings. The van der Waals surface area contributed by atoms with E-state index in [0.717, 1.165) is 16.3 Å². The maximum absolute atomic E-state index is 11.2. The molecule has 0 aliphatic heterocycles. The summed E-state index contributed by atoms with van der Waals surface area (Å²) in [6, 6.07) is 12.7. The monoisotopic (exact) mass is 412 g/mol. The van der Waals surface area contributed by atoms with Gasteiger partial charge in [-0.1, -0.05) is 0 Å². The van der Waals surface area contributed by atoms with Gasteiger partial charge in [-0.25, -0.2) is 4.79 Å². The van der Waals surface area contributed by atoms with E-state index in [1.54, 1.807) is 29.0 Å². The van der Waals surface area contributed by atoms with E-state index in [4.69, 9.17) is 9.47 Å². The van der Waals surface area contributed by atoms with E-state index >= 15 is 0 Å². The number of hydrogen-bond acceptors (Lipinski definition) is 6. The minimum absolute atomic E-state index is 0.00857. The second-order valence-corrected chi connectivity index (χ2v) is 7.61. The number of carboxylic acids is 1. The number of rotatable bonds is 9. The first-order chi connectivity index (χ1) is 14.0. The highest BCUT2D eigenvalue weighted by atomic mass is 32.1. The molecule has 7 heteroatoms. The molecule has 1 N–H and O–H groups in total. The van der Waals surface area contributed by atoms with Gasteiger partial charge in [-0.15, -0.1) is 11.3 Å². The largest absolute Gasteiger partial charge is 0.490 e. The number of thiazole rings is 1. The van der Waals surface area contributed by atoms with E-state index in [9.17, 15) is 9.90 Å². The van der Waals surface area contributed by atoms with Gasteiger partial charge in [0.15, 0.2) is 11.5 Å². The number of nitrogens with zero attached hydrogens (tertiary/aromatic N) is 2. The number of ether oxygens (including phenoxy) is 2. The third kappa shape index (κ3) is 5.26. The Morgan fingerprint density at radius 2 is 1.86 bits per heavy atom. The van der Waals surface area contributed by atoms with Crippen molar-refractivity contribution in [1.82, 2.24) is 4.98 Å². The van der Waals surface area contributed by atoms with E-state index in [0.29, 0.717) is 24.7 Å². The highest BCUT2D eigenvalue weighted by Gasteiger charge is 2.16. The molecule has 0 saturated carbocycles. The van der Waals surface area contributed by atoms with Gasteiger partial charge in [0.1, 0.15) is 0 Å². The lowest BCUT2D eigenvalue weighted by Gasteiger charge is -2.26. The Hall–Kier alpha value is -3.06. The average Bonchev–Trinajstić information content (AvgIpc) is 3.21. The molecule has 0 saturated heterocycles. The van der Waals surface area contributed by atoms with Crippen LogP contribution in [-0.4, -0.2) is 28.8 Å². The summed E-state index contributed by atoms with van der Waals surface area (Å²) in [7, 11) is 0. The van der Waals surface area contributed by atoms with Gasteiger partial charge in [0.2, 0.25) is 0 Å². The van der Waals surface area contributed by atoms with Crippen molar-refractivity contribution in [2.45, 2.75) is 33.4 Å². The summed E-state index contributed by atoms with van der Waals surface area (Å²) in [5, 5.41) is 9.19. The zero-order valence-corrected chi connectivity index (χ0v) is 17.5. The lowest BCUT2D eigenvalue weighted by Crippen LogP contribution is -2.16. The molecule has 0 unspecified atom stereocenters. The third-order valence-electron chi connectivity index (χ3n) is 4.12. The van der Waals surface area contributed by atoms with E-state index in [-0.39, 0.29) is 11.7 Å². The molecule has 0 bridgehead atoms. The molecule has 0 atom stereocenters. The SMILES string of the molecule is CCOc1ccc(N(Cc2cncs2)c2ccc(C(=O)O)cc2)cc1OC(C)C. The molecule has 1 heterocycles. The summed E-state index contributed by atoms with van der Waals surface area (Å²) in [6.07, 6.45) is 1.85. The normalized spacial score (nSPS) is 10.8. The van der Waals surface area contributed by atoms with Crippen LogP contribution in [-0.2, 0) is 6.54 Å². The second kappa shape index (κ2) is 9.43. The van der Waals surface area contributed by atoms with Crippen LogP contribution in [0.5, 0.6) is 11.5 Å². The number of anilines is 2. The standard InChI is InChI=1S/C22H24N2O4S/c1-4-27-20-10-9-18(11-21(20)28-15(2)3)24(13-19-12-23-14-29-19)17-7-5-16(6-8-17)22(25)26/h5-12,14-15H,4,13H2,1-3H3,(H,25,26). The van der Waals surface area contributed by atoms with Gasteiger partial charge in [-0.05, 0) is 57.2 Å². The first-order valence-electron chi connectivity index (χ1n) is 9.39. The zero-order chi connectivity index (χ0) is 20.8. The molecule has 2 aromatic carbocycles. The van der Waals surface area contributed by atoms with Crippen LogP contribution in [0.3, 0.4) is 0 Å². The van der Waals surface area contributed by atoms with Gasteiger partial charge < -0.3 is 19.5 Å². The van der Waals surface area contributed by atoms with Crippen LogP contribution in [0, 0.1) is 0 Å². The van der Waals surface area contributed by atoms with Crippen molar-refractivity contribution < 1.29 is 19.4 Å². The average molecular weight is 413 g/mol. The van der Waals surface area contributed by atoms with E-state index in [1.807, 2.05) is 57.3 Å². The number of aromatic carboxylic acids is 1. The van der Waals surface area contributed by atoms with Crippen molar-refractivity contribution in [2.75, 3.05) is 11.5 Å². The Bertz CT molecular complexity index is 940. The van der Waals surface area contributed by atoms with Gasteiger partial charge in [0, 0.05) is 28.5 Å². The molecule has 6 nitrogen and oxygen atoms in total. The van der Waals surface area contributed by atoms with Crippen LogP contribution in [0.2, 0.25) is 0 Å². The second-order valence-electron chi connectivity index (χ2n) is 6.64. The maximum atomic E-state index is 11.2. The van der Waals surface area contributed by atoms with Crippen LogP contribution >= 0.6 is 11.3 Å². The predicted molar refractivity (Wildman–Crippen MR) is 115 cm³/mol. The van der Waals surface area contributed by atoms with Crippen LogP contribution in [0.1, 0.15) is 36.0 Å². The number of hydrogen-bond donors (Lipinski definition) is 1. The van der Waals surface area contributed by atoms with Crippen molar-refractivity contribution in [1.29, 1.82) is 0 Å². The molecule has 3 rings (SSSR count). The minimum Gasteiger partial charge on any atom is -0.490 e. The molecule has 0 aliphatic carbocycles. The highest BCUT2D eigenvalue weighted by Crippen LogP contribution is 2.36. The van der Waals surface area contributed by atoms with Crippen LogP contribution in [0.4, 0.5) is 11.4 Å². The van der Waals surface area contributed by atoms with Crippen molar-refractivity contribution in [3.63, 3.8) is 0 Å². The molecule has 0 radical (unpaired) electrons. The summed E-state index contributed by atoms with van der Waals surface area (Å²) in [4.78, 5) is 18.6. The van der Waals surface area contributed by atoms with Crippen LogP contribution in [0.25, 0.3) is 0 Å². The Balaban J connectivity index is 2.01. The summed E-state index contributed by atoms with van der Waals surface area (Å²) in [5.74, 6) is 0.430. The minimum atomic E-state index is -0.945. The highest BCUT2D eigenvalue weighted by molar-refractivity contribution is 7.09. The zero-order valence-electron chi connectivity index (χ0n) is 16.7. The lowest BCUT2D eigenvalue weighted by atomic mass is 10.1. The van der Waals surface area contributed by atoms with Crippen molar-refractivity contribution in [3.05, 3.63) is 64.6 Å². The Kier molecular flexibility index (Phi) is 6.72. The quantitative estimate of drug-likeness (QED) is 0.510. The Labute approximate surface area is 174 Å². The van der Waals surface area contributed by atoms with Gasteiger partial charge >= 0.3 is 5.97 Å². The first-order valence-corrected chi connectivity index (χ1v) is 10.3. The number of benzene rings is 2. The summed E-state index contributed by atoms with van der Waals surface area (Å²) < 4.78 is 11.7. The van der Waals surface area contributed by atoms with Crippen molar-refractivity contribution >= 4 is 28.7 Å². The molecular formula is C22H24N2O4S. The number of carboxylic acid groups (broad SMARTS) is 1. The first kappa shape index (κ1) is 20.7. The molecular weight excluding hydrogens is 388 g/mol. The molecule has 29 heavy (non-hydrogen) atoms. The van der Waals surface area contributed by atoms with E-state index in [2.05, 4.69) is 9.88 Å². The van der Waals surface area contributed by atoms with Gasteiger partial charge in [0.25, 0.3) is 0 Å². The van der Waals surface area contributed by atoms with Crippen LogP contribution < -0.4 is 14.4 Å². The molecule has 0 spiro atoms. The Morgan fingerprint density at radius 1 is 1.14 bits per heavy atom. The lowest BCUT2D eigenvalue weighted by molar-refractivity contribution is 0.0697. The smallest absolute Gasteiger partial charge is 0.335 e. The van der Waals surface area contributed by atoms with Gasteiger partial charge in [-0.2, -0.15) is 0 Å². The number of carbonyl (C=O) groups is 1. The maximum Gasteiger partial charge on any atom is 0.335 e. The topological polar surface area (TPSA) is 71.9 Å². The molecule has 0 amide bonds. The van der Waals surface area contributed by atoms with Crippen LogP contribution in [0.15, 0.2) is 54.2 Å². The van der Waals surface area contributed by atoms with Gasteiger partial charge in [0.05, 0.1) is 30.3 Å². The third-order valence-corrected chi connectivity index (χ3v) is 4.89. The summed E-state index contributed by atoms with van der Waals surface area (Å²) in [5.41, 5.74) is 3.85. The van der Waals surface area contributed by atoms with Crippen molar-refractivity contribution in [2.24, 2.45) is 0 Å². The predicted octanol–water partition coefficient (Wildman–Crippen LogP) is 5.37. The van der Waals surface area contributed by atoms with Gasteiger partial charge in [-0.3, -0.25) is 4.98 Å². The molecule has 3 aromatic rings. The molecule has 0 aliphatic rings. The molecule has 1 aromatic heterocycles. The fourth-order valence-electron chi connectivity index (χ4n) is 2.88. The van der Waals surface area contributed by atoms with E-state index < -0.39 is 5.97 Å². The summed E-state index contributed by atoms with van der Waals surface area (Å²) in [6.45, 7) is 7.04. The number of aromatic nitrogens is 1.